The third-order valence-corrected chi connectivity index (χ3v) is 3.38. The van der Waals surface area contributed by atoms with Crippen LogP contribution in [0.3, 0.4) is 0 Å². The summed E-state index contributed by atoms with van der Waals surface area (Å²) in [5, 5.41) is 14.0. The predicted octanol–water partition coefficient (Wildman–Crippen LogP) is 3.82. The molecule has 0 heterocycles. The molecule has 0 saturated carbocycles. The van der Waals surface area contributed by atoms with Crippen LogP contribution in [0, 0.1) is 5.41 Å². The number of ether oxygens (including phenoxy) is 2. The second-order valence-electron chi connectivity index (χ2n) is 5.73. The molecule has 23 heavy (non-hydrogen) atoms. The Morgan fingerprint density at radius 2 is 2.04 bits per heavy atom. The number of methoxy groups -OCH3 is 1. The average Bonchev–Trinajstić information content (AvgIpc) is 2.44. The highest BCUT2D eigenvalue weighted by molar-refractivity contribution is 8.14. The average molecular weight is 339 g/mol. The molecule has 0 aromatic heterocycles. The summed E-state index contributed by atoms with van der Waals surface area (Å²) in [5.74, 6) is 1.45. The quantitative estimate of drug-likeness (QED) is 0.561. The van der Waals surface area contributed by atoms with Crippen LogP contribution in [0.5, 0.6) is 5.75 Å². The molecule has 0 spiro atoms. The first-order chi connectivity index (χ1) is 10.8. The van der Waals surface area contributed by atoms with Crippen LogP contribution in [0.4, 0.5) is 10.5 Å². The molecule has 1 aromatic carbocycles. The maximum Gasteiger partial charge on any atom is 0.407 e. The Bertz CT molecular complexity index is 556. The van der Waals surface area contributed by atoms with Gasteiger partial charge in [0.1, 0.15) is 11.4 Å². The molecule has 3 N–H and O–H groups in total. The lowest BCUT2D eigenvalue weighted by Gasteiger charge is -2.21. The molecule has 1 rings (SSSR count). The van der Waals surface area contributed by atoms with Crippen molar-refractivity contribution in [3.05, 3.63) is 23.8 Å². The number of anilines is 1. The maximum atomic E-state index is 11.8. The van der Waals surface area contributed by atoms with Crippen LogP contribution < -0.4 is 15.4 Å². The van der Waals surface area contributed by atoms with Gasteiger partial charge < -0.3 is 20.1 Å². The highest BCUT2D eigenvalue weighted by atomic mass is 32.2. The number of nitrogens with one attached hydrogen (secondary N) is 3. The second-order valence-corrected chi connectivity index (χ2v) is 7.00. The zero-order chi connectivity index (χ0) is 17.5. The van der Waals surface area contributed by atoms with Crippen molar-refractivity contribution in [1.29, 1.82) is 5.41 Å². The number of benzene rings is 1. The van der Waals surface area contributed by atoms with Gasteiger partial charge in [-0.25, -0.2) is 4.79 Å². The first-order valence-corrected chi connectivity index (χ1v) is 8.36. The molecule has 0 fully saturated rings. The summed E-state index contributed by atoms with van der Waals surface area (Å²) in [6, 6.07) is 5.50. The lowest BCUT2D eigenvalue weighted by Crippen LogP contribution is -2.32. The van der Waals surface area contributed by atoms with Crippen LogP contribution in [0.2, 0.25) is 0 Å². The Balaban J connectivity index is 2.86. The van der Waals surface area contributed by atoms with Crippen molar-refractivity contribution in [2.24, 2.45) is 0 Å². The van der Waals surface area contributed by atoms with Crippen molar-refractivity contribution in [3.63, 3.8) is 0 Å². The summed E-state index contributed by atoms with van der Waals surface area (Å²) < 4.78 is 10.6. The molecule has 7 heteroatoms. The van der Waals surface area contributed by atoms with E-state index in [-0.39, 0.29) is 6.54 Å². The number of thioether (sulfide) groups is 1. The first-order valence-electron chi connectivity index (χ1n) is 7.38. The van der Waals surface area contributed by atoms with Crippen LogP contribution >= 0.6 is 11.8 Å². The molecule has 0 aliphatic carbocycles. The number of carbonyl (C=O) groups excluding carboxylic acids is 1. The Hall–Kier alpha value is -1.89. The smallest absolute Gasteiger partial charge is 0.407 e. The van der Waals surface area contributed by atoms with E-state index in [2.05, 4.69) is 10.6 Å². The number of alkyl carbamates (subject to hydrolysis) is 1. The molecule has 0 saturated heterocycles. The number of hydrogen-bond donors (Lipinski definition) is 3. The fraction of sp³-hybridized carbons (Fsp3) is 0.500. The van der Waals surface area contributed by atoms with Gasteiger partial charge in [-0.15, -0.1) is 0 Å². The van der Waals surface area contributed by atoms with E-state index in [1.165, 1.54) is 11.8 Å². The topological polar surface area (TPSA) is 83.4 Å². The fourth-order valence-corrected chi connectivity index (χ4v) is 2.30. The van der Waals surface area contributed by atoms with E-state index < -0.39 is 11.7 Å². The minimum atomic E-state index is -0.550. The standard InChI is InChI=1S/C16H25N3O3S/c1-6-23-14(17)19-12-8-7-9-13(21-5)11(12)10-18-15(20)22-16(2,3)4/h7-9H,6,10H2,1-5H3,(H2,17,19)(H,18,20). The number of amidine groups is 1. The lowest BCUT2D eigenvalue weighted by molar-refractivity contribution is 0.0523. The normalized spacial score (nSPS) is 10.8. The Morgan fingerprint density at radius 1 is 1.35 bits per heavy atom. The van der Waals surface area contributed by atoms with Gasteiger partial charge in [0.05, 0.1) is 13.7 Å². The fourth-order valence-electron chi connectivity index (χ4n) is 1.83. The molecular weight excluding hydrogens is 314 g/mol. The monoisotopic (exact) mass is 339 g/mol. The van der Waals surface area contributed by atoms with E-state index in [1.54, 1.807) is 7.11 Å². The van der Waals surface area contributed by atoms with Crippen LogP contribution in [-0.4, -0.2) is 29.7 Å². The van der Waals surface area contributed by atoms with E-state index in [1.807, 2.05) is 45.9 Å². The van der Waals surface area contributed by atoms with Crippen LogP contribution in [0.25, 0.3) is 0 Å². The summed E-state index contributed by atoms with van der Waals surface area (Å²) in [4.78, 5) is 11.8. The van der Waals surface area contributed by atoms with E-state index in [4.69, 9.17) is 14.9 Å². The third-order valence-electron chi connectivity index (χ3n) is 2.70. The minimum Gasteiger partial charge on any atom is -0.496 e. The van der Waals surface area contributed by atoms with Gasteiger partial charge in [0, 0.05) is 11.3 Å². The predicted molar refractivity (Wildman–Crippen MR) is 95.5 cm³/mol. The van der Waals surface area contributed by atoms with Crippen molar-refractivity contribution in [2.45, 2.75) is 39.8 Å². The van der Waals surface area contributed by atoms with E-state index in [9.17, 15) is 4.79 Å². The van der Waals surface area contributed by atoms with Crippen molar-refractivity contribution in [2.75, 3.05) is 18.2 Å². The summed E-state index contributed by atoms with van der Waals surface area (Å²) >= 11 is 1.40. The Kier molecular flexibility index (Phi) is 7.22. The zero-order valence-electron chi connectivity index (χ0n) is 14.3. The molecule has 0 unspecified atom stereocenters. The van der Waals surface area contributed by atoms with Gasteiger partial charge in [-0.2, -0.15) is 0 Å². The lowest BCUT2D eigenvalue weighted by atomic mass is 10.1. The molecule has 6 nitrogen and oxygen atoms in total. The molecule has 0 aliphatic rings. The SMILES string of the molecule is CCSC(=N)Nc1cccc(OC)c1CNC(=O)OC(C)(C)C. The van der Waals surface area contributed by atoms with Gasteiger partial charge >= 0.3 is 6.09 Å². The summed E-state index contributed by atoms with van der Waals surface area (Å²) in [6.45, 7) is 7.66. The number of hydrogen-bond acceptors (Lipinski definition) is 5. The van der Waals surface area contributed by atoms with Crippen LogP contribution in [0.15, 0.2) is 18.2 Å². The van der Waals surface area contributed by atoms with Crippen molar-refractivity contribution >= 4 is 28.7 Å². The molecule has 0 bridgehead atoms. The second kappa shape index (κ2) is 8.67. The highest BCUT2D eigenvalue weighted by Crippen LogP contribution is 2.27. The van der Waals surface area contributed by atoms with Gasteiger partial charge in [-0.05, 0) is 38.7 Å². The van der Waals surface area contributed by atoms with Gasteiger partial charge in [0.25, 0.3) is 0 Å². The maximum absolute atomic E-state index is 11.8. The number of amides is 1. The molecule has 1 amide bonds. The van der Waals surface area contributed by atoms with Crippen molar-refractivity contribution in [3.8, 4) is 5.75 Å². The van der Waals surface area contributed by atoms with E-state index >= 15 is 0 Å². The molecule has 128 valence electrons. The largest absolute Gasteiger partial charge is 0.496 e. The third kappa shape index (κ3) is 6.81. The van der Waals surface area contributed by atoms with Gasteiger partial charge in [-0.1, -0.05) is 24.8 Å². The van der Waals surface area contributed by atoms with Crippen molar-refractivity contribution in [1.82, 2.24) is 5.32 Å². The van der Waals surface area contributed by atoms with Gasteiger partial charge in [0.2, 0.25) is 0 Å². The van der Waals surface area contributed by atoms with Gasteiger partial charge in [0.15, 0.2) is 5.17 Å². The summed E-state index contributed by atoms with van der Waals surface area (Å²) in [6.07, 6.45) is -0.493. The molecule has 1 aromatic rings. The molecule has 0 radical (unpaired) electrons. The summed E-state index contributed by atoms with van der Waals surface area (Å²) in [5.41, 5.74) is 0.944. The van der Waals surface area contributed by atoms with E-state index in [0.717, 1.165) is 17.0 Å². The zero-order valence-corrected chi connectivity index (χ0v) is 15.1. The Morgan fingerprint density at radius 3 is 2.61 bits per heavy atom. The minimum absolute atomic E-state index is 0.241. The first kappa shape index (κ1) is 19.2. The molecule has 0 aliphatic heterocycles. The highest BCUT2D eigenvalue weighted by Gasteiger charge is 2.17. The van der Waals surface area contributed by atoms with Crippen molar-refractivity contribution < 1.29 is 14.3 Å². The van der Waals surface area contributed by atoms with Crippen LogP contribution in [0.1, 0.15) is 33.3 Å². The van der Waals surface area contributed by atoms with Gasteiger partial charge in [-0.3, -0.25) is 5.41 Å². The number of carbonyl (C=O) groups is 1. The van der Waals surface area contributed by atoms with Crippen LogP contribution in [-0.2, 0) is 11.3 Å². The molecular formula is C16H25N3O3S. The van der Waals surface area contributed by atoms with E-state index in [0.29, 0.717) is 10.9 Å². The Labute approximate surface area is 141 Å². The summed E-state index contributed by atoms with van der Waals surface area (Å²) in [7, 11) is 1.57. The molecule has 0 atom stereocenters. The number of rotatable bonds is 5.